The number of benzene rings is 1. The molecular weight excluding hydrogens is 364 g/mol. The van der Waals surface area contributed by atoms with Crippen LogP contribution < -0.4 is 14.8 Å². The predicted molar refractivity (Wildman–Crippen MR) is 97.0 cm³/mol. The largest absolute Gasteiger partial charge is 0.486 e. The van der Waals surface area contributed by atoms with Gasteiger partial charge in [0.1, 0.15) is 13.2 Å². The third-order valence-corrected chi connectivity index (χ3v) is 6.37. The minimum Gasteiger partial charge on any atom is -0.486 e. The smallest absolute Gasteiger partial charge is 0.223 e. The Bertz CT molecular complexity index is 660. The number of nitrogens with zero attached hydrogens (tertiary/aromatic N) is 1. The average Bonchev–Trinajstić information content (AvgIpc) is 3.21. The number of ether oxygens (including phenoxy) is 2. The zero-order valence-electron chi connectivity index (χ0n) is 13.9. The van der Waals surface area contributed by atoms with Crippen LogP contribution in [-0.2, 0) is 15.6 Å². The van der Waals surface area contributed by atoms with Gasteiger partial charge in [0.25, 0.3) is 0 Å². The maximum Gasteiger partial charge on any atom is 0.223 e. The maximum absolute atomic E-state index is 12.5. The van der Waals surface area contributed by atoms with Crippen LogP contribution in [0.1, 0.15) is 6.42 Å². The summed E-state index contributed by atoms with van der Waals surface area (Å²) in [5, 5.41) is 3.37. The van der Waals surface area contributed by atoms with Gasteiger partial charge < -0.3 is 19.7 Å². The molecule has 2 saturated heterocycles. The standard InChI is InChI=1S/C17H22N2O4S.ClH/c20-17(19-10-12-8-18-9-13(12)11-19)3-6-24(21)14-1-2-15-16(7-14)23-5-4-22-15;/h1-2,7,12-13,18H,3-6,8-11H2;1H/t12-,13+,24?;. The number of fused-ring (bicyclic) bond motifs is 2. The molecule has 3 heterocycles. The number of halogens is 1. The number of carbonyl (C=O) groups is 1. The molecule has 8 heteroatoms. The van der Waals surface area contributed by atoms with E-state index in [1.165, 1.54) is 0 Å². The Kier molecular flexibility index (Phi) is 5.86. The summed E-state index contributed by atoms with van der Waals surface area (Å²) in [7, 11) is -1.20. The Morgan fingerprint density at radius 3 is 2.56 bits per heavy atom. The van der Waals surface area contributed by atoms with Gasteiger partial charge in [-0.05, 0) is 24.0 Å². The molecule has 6 nitrogen and oxygen atoms in total. The lowest BCUT2D eigenvalue weighted by Gasteiger charge is -2.19. The molecule has 138 valence electrons. The fraction of sp³-hybridized carbons (Fsp3) is 0.588. The summed E-state index contributed by atoms with van der Waals surface area (Å²) in [5.74, 6) is 2.99. The summed E-state index contributed by atoms with van der Waals surface area (Å²) in [6.45, 7) is 4.75. The molecule has 2 fully saturated rings. The van der Waals surface area contributed by atoms with E-state index in [0.29, 0.717) is 53.6 Å². The first-order valence-corrected chi connectivity index (χ1v) is 9.79. The van der Waals surface area contributed by atoms with Crippen LogP contribution in [0.25, 0.3) is 0 Å². The highest BCUT2D eigenvalue weighted by Gasteiger charge is 2.37. The highest BCUT2D eigenvalue weighted by atomic mass is 35.5. The normalized spacial score (nSPS) is 25.2. The van der Waals surface area contributed by atoms with Gasteiger partial charge in [0, 0.05) is 49.3 Å². The molecule has 0 bridgehead atoms. The molecule has 0 saturated carbocycles. The fourth-order valence-corrected chi connectivity index (χ4v) is 4.73. The second-order valence-electron chi connectivity index (χ2n) is 6.58. The number of hydrogen-bond acceptors (Lipinski definition) is 5. The van der Waals surface area contributed by atoms with Crippen LogP contribution in [0, 0.1) is 11.8 Å². The molecule has 1 unspecified atom stereocenters. The number of hydrogen-bond donors (Lipinski definition) is 1. The molecule has 1 N–H and O–H groups in total. The minimum absolute atomic E-state index is 0. The number of carbonyl (C=O) groups excluding carboxylic acids is 1. The van der Waals surface area contributed by atoms with Crippen LogP contribution in [-0.4, -0.2) is 60.2 Å². The van der Waals surface area contributed by atoms with E-state index >= 15 is 0 Å². The maximum atomic E-state index is 12.5. The number of rotatable bonds is 4. The number of amides is 1. The van der Waals surface area contributed by atoms with E-state index in [1.807, 2.05) is 4.90 Å². The molecule has 1 amide bonds. The average molecular weight is 387 g/mol. The number of likely N-dealkylation sites (tertiary alicyclic amines) is 1. The fourth-order valence-electron chi connectivity index (χ4n) is 3.68. The van der Waals surface area contributed by atoms with Gasteiger partial charge in [0.2, 0.25) is 5.91 Å². The lowest BCUT2D eigenvalue weighted by atomic mass is 10.0. The van der Waals surface area contributed by atoms with Gasteiger partial charge in [-0.3, -0.25) is 9.00 Å². The highest BCUT2D eigenvalue weighted by Crippen LogP contribution is 2.32. The Hall–Kier alpha value is -1.31. The molecule has 1 aromatic carbocycles. The first kappa shape index (κ1) is 18.5. The molecule has 3 aliphatic heterocycles. The van der Waals surface area contributed by atoms with Crippen molar-refractivity contribution in [1.82, 2.24) is 10.2 Å². The molecular formula is C17H23ClN2O4S. The van der Waals surface area contributed by atoms with Gasteiger partial charge in [-0.2, -0.15) is 0 Å². The third-order valence-electron chi connectivity index (χ3n) is 5.02. The Morgan fingerprint density at radius 2 is 1.84 bits per heavy atom. The quantitative estimate of drug-likeness (QED) is 0.838. The van der Waals surface area contributed by atoms with Crippen molar-refractivity contribution in [2.45, 2.75) is 11.3 Å². The van der Waals surface area contributed by atoms with Crippen LogP contribution in [0.5, 0.6) is 11.5 Å². The Balaban J connectivity index is 0.00000182. The minimum atomic E-state index is -1.20. The van der Waals surface area contributed by atoms with E-state index in [1.54, 1.807) is 18.2 Å². The van der Waals surface area contributed by atoms with Crippen LogP contribution in [0.3, 0.4) is 0 Å². The van der Waals surface area contributed by atoms with Gasteiger partial charge in [0.05, 0.1) is 10.8 Å². The van der Waals surface area contributed by atoms with Crippen molar-refractivity contribution < 1.29 is 18.5 Å². The van der Waals surface area contributed by atoms with Crippen molar-refractivity contribution in [3.05, 3.63) is 18.2 Å². The summed E-state index contributed by atoms with van der Waals surface area (Å²) in [6, 6.07) is 5.35. The van der Waals surface area contributed by atoms with E-state index in [4.69, 9.17) is 9.47 Å². The van der Waals surface area contributed by atoms with E-state index in [-0.39, 0.29) is 18.3 Å². The van der Waals surface area contributed by atoms with Crippen LogP contribution >= 0.6 is 12.4 Å². The summed E-state index contributed by atoms with van der Waals surface area (Å²) in [6.07, 6.45) is 0.327. The van der Waals surface area contributed by atoms with Crippen molar-refractivity contribution in [3.8, 4) is 11.5 Å². The summed E-state index contributed by atoms with van der Waals surface area (Å²) < 4.78 is 23.5. The van der Waals surface area contributed by atoms with Gasteiger partial charge in [-0.15, -0.1) is 12.4 Å². The first-order valence-electron chi connectivity index (χ1n) is 8.47. The van der Waals surface area contributed by atoms with Crippen molar-refractivity contribution in [1.29, 1.82) is 0 Å². The summed E-state index contributed by atoms with van der Waals surface area (Å²) in [4.78, 5) is 15.0. The molecule has 4 rings (SSSR count). The highest BCUT2D eigenvalue weighted by molar-refractivity contribution is 7.85. The van der Waals surface area contributed by atoms with Crippen molar-refractivity contribution >= 4 is 29.1 Å². The molecule has 3 aliphatic rings. The lowest BCUT2D eigenvalue weighted by Crippen LogP contribution is -2.32. The summed E-state index contributed by atoms with van der Waals surface area (Å²) in [5.41, 5.74) is 0. The van der Waals surface area contributed by atoms with Crippen molar-refractivity contribution in [2.24, 2.45) is 11.8 Å². The van der Waals surface area contributed by atoms with Gasteiger partial charge in [-0.25, -0.2) is 0 Å². The zero-order chi connectivity index (χ0) is 16.5. The van der Waals surface area contributed by atoms with Gasteiger partial charge >= 0.3 is 0 Å². The van der Waals surface area contributed by atoms with Gasteiger partial charge in [-0.1, -0.05) is 0 Å². The Morgan fingerprint density at radius 1 is 1.16 bits per heavy atom. The second-order valence-corrected chi connectivity index (χ2v) is 8.15. The van der Waals surface area contributed by atoms with Crippen molar-refractivity contribution in [3.63, 3.8) is 0 Å². The van der Waals surface area contributed by atoms with Crippen LogP contribution in [0.15, 0.2) is 23.1 Å². The van der Waals surface area contributed by atoms with E-state index in [9.17, 15) is 9.00 Å². The van der Waals surface area contributed by atoms with E-state index < -0.39 is 10.8 Å². The third kappa shape index (κ3) is 3.93. The van der Waals surface area contributed by atoms with Crippen molar-refractivity contribution in [2.75, 3.05) is 45.1 Å². The molecule has 25 heavy (non-hydrogen) atoms. The molecule has 0 radical (unpaired) electrons. The molecule has 3 atom stereocenters. The summed E-state index contributed by atoms with van der Waals surface area (Å²) >= 11 is 0. The lowest BCUT2D eigenvalue weighted by molar-refractivity contribution is -0.130. The first-order chi connectivity index (χ1) is 11.7. The second kappa shape index (κ2) is 7.93. The Labute approximate surface area is 156 Å². The van der Waals surface area contributed by atoms with E-state index in [2.05, 4.69) is 5.32 Å². The molecule has 0 spiro atoms. The number of nitrogens with one attached hydrogen (secondary N) is 1. The SMILES string of the molecule is Cl.O=C(CCS(=O)c1ccc2c(c1)OCCO2)N1C[C@H]2CNC[C@H]2C1. The predicted octanol–water partition coefficient (Wildman–Crippen LogP) is 1.06. The topological polar surface area (TPSA) is 67.9 Å². The van der Waals surface area contributed by atoms with Crippen LogP contribution in [0.2, 0.25) is 0 Å². The van der Waals surface area contributed by atoms with Crippen LogP contribution in [0.4, 0.5) is 0 Å². The molecule has 0 aromatic heterocycles. The molecule has 1 aromatic rings. The molecule has 0 aliphatic carbocycles. The van der Waals surface area contributed by atoms with E-state index in [0.717, 1.165) is 26.2 Å². The zero-order valence-corrected chi connectivity index (χ0v) is 15.6. The van der Waals surface area contributed by atoms with Gasteiger partial charge in [0.15, 0.2) is 11.5 Å². The monoisotopic (exact) mass is 386 g/mol.